The van der Waals surface area contributed by atoms with Crippen molar-refractivity contribution in [3.05, 3.63) is 66.0 Å². The molecule has 4 rings (SSSR count). The lowest BCUT2D eigenvalue weighted by Crippen LogP contribution is -2.49. The SMILES string of the molecule is C[C@@]12C[C@H](c3ccccc3)N(C(=O)c3ccccn3)[C@@H]1CCC[C@H](O)[C@@H]2O. The average molecular weight is 366 g/mol. The number of benzene rings is 1. The topological polar surface area (TPSA) is 73.7 Å². The highest BCUT2D eigenvalue weighted by Gasteiger charge is 2.57. The summed E-state index contributed by atoms with van der Waals surface area (Å²) < 4.78 is 0. The molecule has 0 spiro atoms. The number of nitrogens with zero attached hydrogens (tertiary/aromatic N) is 2. The lowest BCUT2D eigenvalue weighted by molar-refractivity contribution is -0.0613. The molecule has 1 saturated heterocycles. The molecule has 1 saturated carbocycles. The Morgan fingerprint density at radius 2 is 1.85 bits per heavy atom. The number of aliphatic hydroxyl groups is 2. The molecule has 27 heavy (non-hydrogen) atoms. The van der Waals surface area contributed by atoms with Crippen molar-refractivity contribution in [3.8, 4) is 0 Å². The molecule has 142 valence electrons. The Morgan fingerprint density at radius 1 is 1.11 bits per heavy atom. The third-order valence-corrected chi connectivity index (χ3v) is 6.39. The Kier molecular flexibility index (Phi) is 4.74. The summed E-state index contributed by atoms with van der Waals surface area (Å²) in [5, 5.41) is 21.3. The zero-order valence-electron chi connectivity index (χ0n) is 15.5. The molecule has 1 aliphatic heterocycles. The van der Waals surface area contributed by atoms with Crippen molar-refractivity contribution in [2.24, 2.45) is 5.41 Å². The van der Waals surface area contributed by atoms with Crippen molar-refractivity contribution < 1.29 is 15.0 Å². The van der Waals surface area contributed by atoms with Crippen molar-refractivity contribution in [3.63, 3.8) is 0 Å². The molecule has 2 aliphatic rings. The quantitative estimate of drug-likeness (QED) is 0.857. The van der Waals surface area contributed by atoms with Crippen LogP contribution in [0.3, 0.4) is 0 Å². The number of amides is 1. The van der Waals surface area contributed by atoms with Crippen LogP contribution in [-0.4, -0.2) is 44.3 Å². The fourth-order valence-corrected chi connectivity index (χ4v) is 4.95. The van der Waals surface area contributed by atoms with Crippen LogP contribution in [-0.2, 0) is 0 Å². The predicted molar refractivity (Wildman–Crippen MR) is 102 cm³/mol. The smallest absolute Gasteiger partial charge is 0.273 e. The first kappa shape index (κ1) is 18.1. The molecular weight excluding hydrogens is 340 g/mol. The highest BCUT2D eigenvalue weighted by Crippen LogP contribution is 2.53. The zero-order chi connectivity index (χ0) is 19.0. The number of likely N-dealkylation sites (tertiary alicyclic amines) is 1. The lowest BCUT2D eigenvalue weighted by Gasteiger charge is -2.38. The molecule has 2 fully saturated rings. The summed E-state index contributed by atoms with van der Waals surface area (Å²) in [5.74, 6) is -0.109. The molecule has 1 aromatic heterocycles. The maximum Gasteiger partial charge on any atom is 0.273 e. The van der Waals surface area contributed by atoms with E-state index in [0.29, 0.717) is 18.5 Å². The maximum absolute atomic E-state index is 13.4. The van der Waals surface area contributed by atoms with Crippen LogP contribution in [0.5, 0.6) is 0 Å². The normalized spacial score (nSPS) is 33.4. The van der Waals surface area contributed by atoms with E-state index in [0.717, 1.165) is 18.4 Å². The number of aliphatic hydroxyl groups excluding tert-OH is 2. The van der Waals surface area contributed by atoms with Gasteiger partial charge in [0.1, 0.15) is 5.69 Å². The molecule has 5 heteroatoms. The molecule has 5 nitrogen and oxygen atoms in total. The second-order valence-corrected chi connectivity index (χ2v) is 8.02. The summed E-state index contributed by atoms with van der Waals surface area (Å²) in [6, 6.07) is 15.0. The van der Waals surface area contributed by atoms with Crippen LogP contribution in [0.15, 0.2) is 54.7 Å². The van der Waals surface area contributed by atoms with E-state index in [9.17, 15) is 15.0 Å². The minimum absolute atomic E-state index is 0.109. The summed E-state index contributed by atoms with van der Waals surface area (Å²) in [7, 11) is 0. The maximum atomic E-state index is 13.4. The van der Waals surface area contributed by atoms with E-state index >= 15 is 0 Å². The van der Waals surface area contributed by atoms with Gasteiger partial charge in [0.15, 0.2) is 0 Å². The number of rotatable bonds is 2. The van der Waals surface area contributed by atoms with Gasteiger partial charge in [-0.3, -0.25) is 9.78 Å². The second-order valence-electron chi connectivity index (χ2n) is 8.02. The van der Waals surface area contributed by atoms with E-state index in [1.807, 2.05) is 48.2 Å². The van der Waals surface area contributed by atoms with Gasteiger partial charge in [-0.1, -0.05) is 43.3 Å². The Balaban J connectivity index is 1.79. The molecule has 2 heterocycles. The number of carbonyl (C=O) groups excluding carboxylic acids is 1. The van der Waals surface area contributed by atoms with E-state index in [1.165, 1.54) is 0 Å². The third kappa shape index (κ3) is 3.05. The van der Waals surface area contributed by atoms with Crippen molar-refractivity contribution in [1.29, 1.82) is 0 Å². The number of hydrogen-bond donors (Lipinski definition) is 2. The van der Waals surface area contributed by atoms with Crippen LogP contribution in [0, 0.1) is 5.41 Å². The van der Waals surface area contributed by atoms with Gasteiger partial charge < -0.3 is 15.1 Å². The molecule has 0 radical (unpaired) electrons. The molecule has 1 amide bonds. The summed E-state index contributed by atoms with van der Waals surface area (Å²) in [5.41, 5.74) is 0.917. The molecule has 0 unspecified atom stereocenters. The van der Waals surface area contributed by atoms with Crippen LogP contribution in [0.1, 0.15) is 54.7 Å². The zero-order valence-corrected chi connectivity index (χ0v) is 15.5. The minimum Gasteiger partial charge on any atom is -0.390 e. The monoisotopic (exact) mass is 366 g/mol. The van der Waals surface area contributed by atoms with Gasteiger partial charge in [0.2, 0.25) is 0 Å². The van der Waals surface area contributed by atoms with Crippen molar-refractivity contribution in [2.75, 3.05) is 0 Å². The van der Waals surface area contributed by atoms with Gasteiger partial charge in [-0.2, -0.15) is 0 Å². The number of hydrogen-bond acceptors (Lipinski definition) is 4. The fraction of sp³-hybridized carbons (Fsp3) is 0.455. The second kappa shape index (κ2) is 7.06. The fourth-order valence-electron chi connectivity index (χ4n) is 4.95. The van der Waals surface area contributed by atoms with E-state index in [4.69, 9.17) is 0 Å². The highest BCUT2D eigenvalue weighted by atomic mass is 16.3. The van der Waals surface area contributed by atoms with Gasteiger partial charge in [0, 0.05) is 17.7 Å². The number of fused-ring (bicyclic) bond motifs is 1. The molecule has 1 aliphatic carbocycles. The third-order valence-electron chi connectivity index (χ3n) is 6.39. The molecule has 5 atom stereocenters. The Hall–Kier alpha value is -2.24. The Bertz CT molecular complexity index is 798. The van der Waals surface area contributed by atoms with Crippen LogP contribution >= 0.6 is 0 Å². The van der Waals surface area contributed by atoms with Crippen LogP contribution in [0.4, 0.5) is 0 Å². The van der Waals surface area contributed by atoms with Gasteiger partial charge in [0.25, 0.3) is 5.91 Å². The first-order valence-electron chi connectivity index (χ1n) is 9.67. The predicted octanol–water partition coefficient (Wildman–Crippen LogP) is 2.95. The summed E-state index contributed by atoms with van der Waals surface area (Å²) in [4.78, 5) is 19.6. The van der Waals surface area contributed by atoms with Gasteiger partial charge in [-0.05, 0) is 43.4 Å². The van der Waals surface area contributed by atoms with E-state index < -0.39 is 17.6 Å². The first-order valence-corrected chi connectivity index (χ1v) is 9.67. The van der Waals surface area contributed by atoms with Crippen molar-refractivity contribution >= 4 is 5.91 Å². The summed E-state index contributed by atoms with van der Waals surface area (Å²) >= 11 is 0. The summed E-state index contributed by atoms with van der Waals surface area (Å²) in [6.07, 6.45) is 2.77. The summed E-state index contributed by atoms with van der Waals surface area (Å²) in [6.45, 7) is 2.01. The van der Waals surface area contributed by atoms with Gasteiger partial charge >= 0.3 is 0 Å². The van der Waals surface area contributed by atoms with Gasteiger partial charge in [-0.15, -0.1) is 0 Å². The molecule has 2 aromatic rings. The van der Waals surface area contributed by atoms with Crippen LogP contribution in [0.2, 0.25) is 0 Å². The lowest BCUT2D eigenvalue weighted by atomic mass is 9.74. The standard InChI is InChI=1S/C22H26N2O3/c1-22-14-17(15-8-3-2-4-9-15)24(21(27)16-10-5-6-13-23-16)19(22)12-7-11-18(25)20(22)26/h2-6,8-10,13,17-20,25-26H,7,11-12,14H2,1H3/t17-,18+,19-,20+,22-/m1/s1. The molecular formula is C22H26N2O3. The van der Waals surface area contributed by atoms with E-state index in [-0.39, 0.29) is 18.0 Å². The average Bonchev–Trinajstić information content (AvgIpc) is 2.96. The number of carbonyl (C=O) groups is 1. The molecule has 1 aromatic carbocycles. The highest BCUT2D eigenvalue weighted by molar-refractivity contribution is 5.93. The van der Waals surface area contributed by atoms with E-state index in [2.05, 4.69) is 4.98 Å². The minimum atomic E-state index is -0.849. The van der Waals surface area contributed by atoms with E-state index in [1.54, 1.807) is 18.3 Å². The Labute approximate surface area is 159 Å². The van der Waals surface area contributed by atoms with Crippen LogP contribution < -0.4 is 0 Å². The van der Waals surface area contributed by atoms with Gasteiger partial charge in [-0.25, -0.2) is 0 Å². The van der Waals surface area contributed by atoms with Crippen molar-refractivity contribution in [2.45, 2.75) is 56.9 Å². The van der Waals surface area contributed by atoms with Crippen LogP contribution in [0.25, 0.3) is 0 Å². The molecule has 2 N–H and O–H groups in total. The Morgan fingerprint density at radius 3 is 2.56 bits per heavy atom. The first-order chi connectivity index (χ1) is 13.0. The number of pyridine rings is 1. The van der Waals surface area contributed by atoms with Gasteiger partial charge in [0.05, 0.1) is 18.2 Å². The number of aromatic nitrogens is 1. The molecule has 0 bridgehead atoms. The largest absolute Gasteiger partial charge is 0.390 e. The van der Waals surface area contributed by atoms with Crippen molar-refractivity contribution in [1.82, 2.24) is 9.88 Å².